The summed E-state index contributed by atoms with van der Waals surface area (Å²) in [6.07, 6.45) is 5.90. The van der Waals surface area contributed by atoms with Crippen LogP contribution in [0.25, 0.3) is 0 Å². The van der Waals surface area contributed by atoms with Crippen LogP contribution in [0, 0.1) is 5.92 Å². The number of hydrogen-bond donors (Lipinski definition) is 3. The number of carbonyl (C=O) groups excluding carboxylic acids is 3. The number of nitrogens with one attached hydrogen (secondary N) is 3. The number of carbonyl (C=O) groups is 3. The zero-order valence-corrected chi connectivity index (χ0v) is 16.6. The molecule has 0 aromatic heterocycles. The Morgan fingerprint density at radius 3 is 2.12 bits per heavy atom. The molecule has 1 saturated carbocycles. The molecule has 26 heavy (non-hydrogen) atoms. The summed E-state index contributed by atoms with van der Waals surface area (Å²) in [5.41, 5.74) is 0. The summed E-state index contributed by atoms with van der Waals surface area (Å²) in [6.45, 7) is 4.01. The van der Waals surface area contributed by atoms with Crippen LogP contribution in [0.3, 0.4) is 0 Å². The summed E-state index contributed by atoms with van der Waals surface area (Å²) in [7, 11) is 3.90. The van der Waals surface area contributed by atoms with Crippen molar-refractivity contribution in [3.05, 3.63) is 0 Å². The Labute approximate surface area is 157 Å². The second-order valence-corrected chi connectivity index (χ2v) is 7.37. The maximum absolute atomic E-state index is 12.1. The van der Waals surface area contributed by atoms with Crippen LogP contribution < -0.4 is 16.0 Å². The third-order valence-corrected chi connectivity index (χ3v) is 4.76. The largest absolute Gasteiger partial charge is 0.356 e. The van der Waals surface area contributed by atoms with Crippen molar-refractivity contribution in [2.24, 2.45) is 5.92 Å². The van der Waals surface area contributed by atoms with Gasteiger partial charge in [0.25, 0.3) is 0 Å². The minimum absolute atomic E-state index is 0.0568. The summed E-state index contributed by atoms with van der Waals surface area (Å²) in [6, 6.07) is 0.162. The summed E-state index contributed by atoms with van der Waals surface area (Å²) in [4.78, 5) is 37.8. The fraction of sp³-hybridized carbons (Fsp3) is 0.842. The third kappa shape index (κ3) is 9.75. The fourth-order valence-corrected chi connectivity index (χ4v) is 3.27. The van der Waals surface area contributed by atoms with Gasteiger partial charge in [0.05, 0.1) is 0 Å². The molecule has 1 aliphatic rings. The normalized spacial score (nSPS) is 20.8. The molecule has 150 valence electrons. The molecule has 0 radical (unpaired) electrons. The van der Waals surface area contributed by atoms with Crippen molar-refractivity contribution in [1.82, 2.24) is 20.9 Å². The molecule has 0 aliphatic heterocycles. The van der Waals surface area contributed by atoms with Crippen molar-refractivity contribution >= 4 is 17.7 Å². The molecule has 0 unspecified atom stereocenters. The Bertz CT molecular complexity index is 444. The molecule has 0 heterocycles. The molecule has 7 heteroatoms. The highest BCUT2D eigenvalue weighted by molar-refractivity contribution is 5.83. The van der Waals surface area contributed by atoms with Crippen LogP contribution in [0.4, 0.5) is 0 Å². The van der Waals surface area contributed by atoms with Crippen molar-refractivity contribution in [2.75, 3.05) is 33.7 Å². The van der Waals surface area contributed by atoms with Gasteiger partial charge >= 0.3 is 0 Å². The quantitative estimate of drug-likeness (QED) is 0.567. The number of rotatable bonds is 9. The maximum atomic E-state index is 12.1. The van der Waals surface area contributed by atoms with Crippen molar-refractivity contribution in [2.45, 2.75) is 64.3 Å². The minimum Gasteiger partial charge on any atom is -0.356 e. The minimum atomic E-state index is -0.0792. The Hall–Kier alpha value is -1.63. The molecule has 0 bridgehead atoms. The summed E-state index contributed by atoms with van der Waals surface area (Å²) in [5, 5.41) is 8.78. The van der Waals surface area contributed by atoms with E-state index in [2.05, 4.69) is 16.0 Å². The molecule has 1 aliphatic carbocycles. The van der Waals surface area contributed by atoms with Gasteiger partial charge in [-0.2, -0.15) is 0 Å². The number of hydrogen-bond acceptors (Lipinski definition) is 4. The zero-order valence-electron chi connectivity index (χ0n) is 16.6. The summed E-state index contributed by atoms with van der Waals surface area (Å²) in [5.74, 6) is 0.135. The van der Waals surface area contributed by atoms with E-state index in [1.54, 1.807) is 0 Å². The topological polar surface area (TPSA) is 90.5 Å². The van der Waals surface area contributed by atoms with Gasteiger partial charge in [0.1, 0.15) is 0 Å². The lowest BCUT2D eigenvalue weighted by Gasteiger charge is -2.25. The van der Waals surface area contributed by atoms with Gasteiger partial charge < -0.3 is 20.9 Å². The van der Waals surface area contributed by atoms with Gasteiger partial charge in [0.2, 0.25) is 17.7 Å². The van der Waals surface area contributed by atoms with E-state index < -0.39 is 0 Å². The monoisotopic (exact) mass is 368 g/mol. The molecular formula is C19H36N4O3. The van der Waals surface area contributed by atoms with Crippen LogP contribution >= 0.6 is 0 Å². The average molecular weight is 369 g/mol. The molecule has 0 saturated heterocycles. The van der Waals surface area contributed by atoms with Gasteiger partial charge in [-0.3, -0.25) is 14.4 Å². The molecule has 3 N–H and O–H groups in total. The summed E-state index contributed by atoms with van der Waals surface area (Å²) >= 11 is 0. The van der Waals surface area contributed by atoms with Gasteiger partial charge in [0, 0.05) is 44.4 Å². The van der Waals surface area contributed by atoms with Crippen molar-refractivity contribution in [3.63, 3.8) is 0 Å². The molecule has 0 atom stereocenters. The van der Waals surface area contributed by atoms with Gasteiger partial charge in [-0.25, -0.2) is 0 Å². The highest BCUT2D eigenvalue weighted by Gasteiger charge is 2.22. The zero-order chi connectivity index (χ0) is 19.4. The molecule has 0 spiro atoms. The van der Waals surface area contributed by atoms with Crippen LogP contribution in [0.2, 0.25) is 0 Å². The first-order valence-electron chi connectivity index (χ1n) is 9.90. The van der Waals surface area contributed by atoms with E-state index in [9.17, 15) is 14.4 Å². The molecule has 1 rings (SSSR count). The molecular weight excluding hydrogens is 332 g/mol. The molecule has 0 aromatic carbocycles. The average Bonchev–Trinajstić information content (AvgIpc) is 2.55. The first-order chi connectivity index (χ1) is 12.4. The van der Waals surface area contributed by atoms with E-state index in [0.29, 0.717) is 13.1 Å². The molecule has 7 nitrogen and oxygen atoms in total. The lowest BCUT2D eigenvalue weighted by atomic mass is 9.88. The second-order valence-electron chi connectivity index (χ2n) is 7.37. The number of likely N-dealkylation sites (N-methyl/N-ethyl adjacent to an activating group) is 1. The van der Waals surface area contributed by atoms with Crippen molar-refractivity contribution in [1.29, 1.82) is 0 Å². The van der Waals surface area contributed by atoms with E-state index >= 15 is 0 Å². The van der Waals surface area contributed by atoms with Crippen molar-refractivity contribution < 1.29 is 14.4 Å². The van der Waals surface area contributed by atoms with E-state index in [0.717, 1.165) is 45.1 Å². The number of amides is 3. The lowest BCUT2D eigenvalue weighted by molar-refractivity contribution is -0.127. The predicted molar refractivity (Wildman–Crippen MR) is 103 cm³/mol. The number of nitrogens with zero attached hydrogens (tertiary/aromatic N) is 1. The van der Waals surface area contributed by atoms with E-state index in [1.807, 2.05) is 25.9 Å². The SMILES string of the molecule is CCNC(=O)C1CCCC(NC(=O)CCC(=O)NCCN(C)C)CCC1. The van der Waals surface area contributed by atoms with Crippen molar-refractivity contribution in [3.8, 4) is 0 Å². The first-order valence-corrected chi connectivity index (χ1v) is 9.90. The van der Waals surface area contributed by atoms with Gasteiger partial charge in [-0.05, 0) is 46.7 Å². The van der Waals surface area contributed by atoms with Crippen LogP contribution in [0.5, 0.6) is 0 Å². The fourth-order valence-electron chi connectivity index (χ4n) is 3.27. The lowest BCUT2D eigenvalue weighted by Crippen LogP contribution is -2.38. The Kier molecular flexibility index (Phi) is 10.9. The van der Waals surface area contributed by atoms with E-state index in [-0.39, 0.29) is 42.5 Å². The van der Waals surface area contributed by atoms with Crippen LogP contribution in [0.1, 0.15) is 58.3 Å². The Balaban J connectivity index is 2.22. The highest BCUT2D eigenvalue weighted by atomic mass is 16.2. The molecule has 1 fully saturated rings. The van der Waals surface area contributed by atoms with Crippen LogP contribution in [-0.2, 0) is 14.4 Å². The Morgan fingerprint density at radius 2 is 1.54 bits per heavy atom. The van der Waals surface area contributed by atoms with Gasteiger partial charge in [-0.1, -0.05) is 12.8 Å². The van der Waals surface area contributed by atoms with Gasteiger partial charge in [-0.15, -0.1) is 0 Å². The summed E-state index contributed by atoms with van der Waals surface area (Å²) < 4.78 is 0. The van der Waals surface area contributed by atoms with Gasteiger partial charge in [0.15, 0.2) is 0 Å². The maximum Gasteiger partial charge on any atom is 0.223 e. The first kappa shape index (κ1) is 22.4. The standard InChI is InChI=1S/C19H36N4O3/c1-4-20-19(26)15-7-5-9-16(10-6-8-15)22-18(25)12-11-17(24)21-13-14-23(2)3/h15-16H,4-14H2,1-3H3,(H,20,26)(H,21,24)(H,22,25). The van der Waals surface area contributed by atoms with Crippen LogP contribution in [-0.4, -0.2) is 62.4 Å². The molecule has 3 amide bonds. The van der Waals surface area contributed by atoms with Crippen LogP contribution in [0.15, 0.2) is 0 Å². The third-order valence-electron chi connectivity index (χ3n) is 4.76. The second kappa shape index (κ2) is 12.7. The highest BCUT2D eigenvalue weighted by Crippen LogP contribution is 2.23. The van der Waals surface area contributed by atoms with E-state index in [1.165, 1.54) is 0 Å². The predicted octanol–water partition coefficient (Wildman–Crippen LogP) is 1.04. The van der Waals surface area contributed by atoms with E-state index in [4.69, 9.17) is 0 Å². The Morgan fingerprint density at radius 1 is 0.923 bits per heavy atom. The smallest absolute Gasteiger partial charge is 0.223 e. The molecule has 0 aromatic rings.